The SMILES string of the molecule is CNCCCN1CC(=O)N(C)c2ccc(Br)cc21. The fourth-order valence-electron chi connectivity index (χ4n) is 2.17. The Kier molecular flexibility index (Phi) is 4.24. The lowest BCUT2D eigenvalue weighted by Gasteiger charge is -2.35. The van der Waals surface area contributed by atoms with E-state index in [2.05, 4.69) is 32.2 Å². The molecule has 1 aliphatic rings. The zero-order valence-electron chi connectivity index (χ0n) is 10.7. The monoisotopic (exact) mass is 311 g/mol. The molecule has 0 bridgehead atoms. The molecule has 1 aliphatic heterocycles. The van der Waals surface area contributed by atoms with Gasteiger partial charge in [-0.2, -0.15) is 0 Å². The normalized spacial score (nSPS) is 14.9. The van der Waals surface area contributed by atoms with Gasteiger partial charge in [-0.25, -0.2) is 0 Å². The lowest BCUT2D eigenvalue weighted by atomic mass is 10.1. The van der Waals surface area contributed by atoms with Crippen molar-refractivity contribution in [1.29, 1.82) is 0 Å². The Morgan fingerprint density at radius 1 is 1.39 bits per heavy atom. The van der Waals surface area contributed by atoms with Gasteiger partial charge in [0.15, 0.2) is 0 Å². The highest BCUT2D eigenvalue weighted by atomic mass is 79.9. The van der Waals surface area contributed by atoms with Crippen LogP contribution >= 0.6 is 15.9 Å². The first-order chi connectivity index (χ1) is 8.63. The second kappa shape index (κ2) is 5.71. The lowest BCUT2D eigenvalue weighted by Crippen LogP contribution is -2.44. The molecule has 5 heteroatoms. The van der Waals surface area contributed by atoms with Crippen LogP contribution in [0.1, 0.15) is 6.42 Å². The van der Waals surface area contributed by atoms with E-state index in [1.807, 2.05) is 26.2 Å². The van der Waals surface area contributed by atoms with E-state index in [9.17, 15) is 4.79 Å². The summed E-state index contributed by atoms with van der Waals surface area (Å²) >= 11 is 3.49. The molecule has 0 saturated carbocycles. The Morgan fingerprint density at radius 3 is 2.89 bits per heavy atom. The predicted molar refractivity (Wildman–Crippen MR) is 78.3 cm³/mol. The number of fused-ring (bicyclic) bond motifs is 1. The zero-order valence-corrected chi connectivity index (χ0v) is 12.3. The summed E-state index contributed by atoms with van der Waals surface area (Å²) in [6.07, 6.45) is 1.03. The van der Waals surface area contributed by atoms with Crippen molar-refractivity contribution in [3.05, 3.63) is 22.7 Å². The van der Waals surface area contributed by atoms with Gasteiger partial charge in [0.25, 0.3) is 0 Å². The summed E-state index contributed by atoms with van der Waals surface area (Å²) in [6, 6.07) is 6.04. The van der Waals surface area contributed by atoms with E-state index in [1.165, 1.54) is 0 Å². The van der Waals surface area contributed by atoms with Gasteiger partial charge >= 0.3 is 0 Å². The highest BCUT2D eigenvalue weighted by Gasteiger charge is 2.26. The number of hydrogen-bond donors (Lipinski definition) is 1. The number of amides is 1. The number of nitrogens with one attached hydrogen (secondary N) is 1. The molecule has 1 N–H and O–H groups in total. The standard InChI is InChI=1S/C13H18BrN3O/c1-15-6-3-7-17-9-13(18)16(2)11-5-4-10(14)8-12(11)17/h4-5,8,15H,3,6-7,9H2,1-2H3. The van der Waals surface area contributed by atoms with Gasteiger partial charge < -0.3 is 15.1 Å². The van der Waals surface area contributed by atoms with Gasteiger partial charge in [-0.05, 0) is 38.2 Å². The second-order valence-electron chi connectivity index (χ2n) is 4.46. The van der Waals surface area contributed by atoms with Gasteiger partial charge in [-0.3, -0.25) is 4.79 Å². The summed E-state index contributed by atoms with van der Waals surface area (Å²) in [7, 11) is 3.78. The van der Waals surface area contributed by atoms with Crippen LogP contribution < -0.4 is 15.1 Å². The first-order valence-corrected chi connectivity index (χ1v) is 6.88. The number of benzene rings is 1. The molecule has 0 unspecified atom stereocenters. The predicted octanol–water partition coefficient (Wildman–Crippen LogP) is 1.84. The van der Waals surface area contributed by atoms with Crippen molar-refractivity contribution < 1.29 is 4.79 Å². The van der Waals surface area contributed by atoms with Crippen LogP contribution in [0.15, 0.2) is 22.7 Å². The number of anilines is 2. The van der Waals surface area contributed by atoms with E-state index in [0.29, 0.717) is 6.54 Å². The Hall–Kier alpha value is -1.07. The zero-order chi connectivity index (χ0) is 13.1. The largest absolute Gasteiger partial charge is 0.360 e. The molecule has 0 fully saturated rings. The Labute approximate surface area is 116 Å². The molecule has 2 rings (SSSR count). The van der Waals surface area contributed by atoms with Crippen molar-refractivity contribution in [2.24, 2.45) is 0 Å². The van der Waals surface area contributed by atoms with Crippen LogP contribution in [0.4, 0.5) is 11.4 Å². The maximum Gasteiger partial charge on any atom is 0.246 e. The van der Waals surface area contributed by atoms with Crippen molar-refractivity contribution in [3.8, 4) is 0 Å². The van der Waals surface area contributed by atoms with Crippen molar-refractivity contribution in [2.75, 3.05) is 43.5 Å². The summed E-state index contributed by atoms with van der Waals surface area (Å²) in [4.78, 5) is 15.8. The van der Waals surface area contributed by atoms with Gasteiger partial charge in [-0.15, -0.1) is 0 Å². The second-order valence-corrected chi connectivity index (χ2v) is 5.38. The molecule has 0 radical (unpaired) electrons. The fourth-order valence-corrected chi connectivity index (χ4v) is 2.52. The number of nitrogens with zero attached hydrogens (tertiary/aromatic N) is 2. The molecule has 1 heterocycles. The summed E-state index contributed by atoms with van der Waals surface area (Å²) in [5.74, 6) is 0.147. The molecule has 0 spiro atoms. The summed E-state index contributed by atoms with van der Waals surface area (Å²) in [5.41, 5.74) is 2.11. The molecule has 0 aromatic heterocycles. The molecule has 1 aromatic rings. The van der Waals surface area contributed by atoms with Crippen LogP contribution in [0.2, 0.25) is 0 Å². The van der Waals surface area contributed by atoms with Crippen molar-refractivity contribution >= 4 is 33.2 Å². The number of likely N-dealkylation sites (N-methyl/N-ethyl adjacent to an activating group) is 1. The Bertz CT molecular complexity index is 450. The average Bonchev–Trinajstić information content (AvgIpc) is 2.35. The fraction of sp³-hybridized carbons (Fsp3) is 0.462. The first kappa shape index (κ1) is 13.4. The maximum atomic E-state index is 11.9. The van der Waals surface area contributed by atoms with Gasteiger partial charge in [0.1, 0.15) is 0 Å². The minimum absolute atomic E-state index is 0.147. The number of carbonyl (C=O) groups excluding carboxylic acids is 1. The Balaban J connectivity index is 2.25. The van der Waals surface area contributed by atoms with E-state index in [-0.39, 0.29) is 5.91 Å². The summed E-state index contributed by atoms with van der Waals surface area (Å²) in [5, 5.41) is 3.13. The summed E-state index contributed by atoms with van der Waals surface area (Å²) in [6.45, 7) is 2.32. The summed E-state index contributed by atoms with van der Waals surface area (Å²) < 4.78 is 1.04. The quantitative estimate of drug-likeness (QED) is 0.862. The molecule has 98 valence electrons. The van der Waals surface area contributed by atoms with E-state index in [1.54, 1.807) is 4.90 Å². The van der Waals surface area contributed by atoms with Crippen LogP contribution in [-0.4, -0.2) is 39.6 Å². The smallest absolute Gasteiger partial charge is 0.246 e. The van der Waals surface area contributed by atoms with Crippen molar-refractivity contribution in [3.63, 3.8) is 0 Å². The van der Waals surface area contributed by atoms with Crippen LogP contribution in [0, 0.1) is 0 Å². The first-order valence-electron chi connectivity index (χ1n) is 6.09. The van der Waals surface area contributed by atoms with E-state index in [4.69, 9.17) is 0 Å². The third-order valence-electron chi connectivity index (χ3n) is 3.19. The number of hydrogen-bond acceptors (Lipinski definition) is 3. The lowest BCUT2D eigenvalue weighted by molar-refractivity contribution is -0.117. The topological polar surface area (TPSA) is 35.6 Å². The molecule has 18 heavy (non-hydrogen) atoms. The minimum Gasteiger partial charge on any atom is -0.360 e. The molecular weight excluding hydrogens is 294 g/mol. The molecule has 0 saturated heterocycles. The van der Waals surface area contributed by atoms with Gasteiger partial charge in [0, 0.05) is 18.1 Å². The maximum absolute atomic E-state index is 11.9. The Morgan fingerprint density at radius 2 is 2.17 bits per heavy atom. The van der Waals surface area contributed by atoms with Crippen LogP contribution in [0.25, 0.3) is 0 Å². The van der Waals surface area contributed by atoms with Gasteiger partial charge in [0.2, 0.25) is 5.91 Å². The average molecular weight is 312 g/mol. The van der Waals surface area contributed by atoms with E-state index < -0.39 is 0 Å². The highest BCUT2D eigenvalue weighted by molar-refractivity contribution is 9.10. The van der Waals surface area contributed by atoms with Crippen LogP contribution in [0.3, 0.4) is 0 Å². The van der Waals surface area contributed by atoms with E-state index >= 15 is 0 Å². The molecule has 0 atom stereocenters. The van der Waals surface area contributed by atoms with E-state index in [0.717, 1.165) is 35.4 Å². The molecular formula is C13H18BrN3O. The van der Waals surface area contributed by atoms with Crippen LogP contribution in [-0.2, 0) is 4.79 Å². The number of carbonyl (C=O) groups is 1. The highest BCUT2D eigenvalue weighted by Crippen LogP contribution is 2.34. The molecule has 0 aliphatic carbocycles. The molecule has 4 nitrogen and oxygen atoms in total. The van der Waals surface area contributed by atoms with Crippen molar-refractivity contribution in [2.45, 2.75) is 6.42 Å². The minimum atomic E-state index is 0.147. The van der Waals surface area contributed by atoms with Crippen molar-refractivity contribution in [1.82, 2.24) is 5.32 Å². The van der Waals surface area contributed by atoms with Gasteiger partial charge in [0.05, 0.1) is 17.9 Å². The number of halogens is 1. The third-order valence-corrected chi connectivity index (χ3v) is 3.69. The number of rotatable bonds is 4. The van der Waals surface area contributed by atoms with Crippen LogP contribution in [0.5, 0.6) is 0 Å². The molecule has 1 aromatic carbocycles. The third kappa shape index (κ3) is 2.67. The molecule has 1 amide bonds. The van der Waals surface area contributed by atoms with Gasteiger partial charge in [-0.1, -0.05) is 15.9 Å².